The molecule has 2 aromatic rings. The molecule has 0 atom stereocenters. The molecule has 2 aromatic heterocycles. The SMILES string of the molecule is CCCN(CC1CC1)c1nc(NC)nc2nc[nH]c12. The van der Waals surface area contributed by atoms with E-state index in [1.165, 1.54) is 12.8 Å². The average Bonchev–Trinajstić information content (AvgIpc) is 3.11. The minimum absolute atomic E-state index is 0.631. The topological polar surface area (TPSA) is 69.7 Å². The molecule has 0 bridgehead atoms. The summed E-state index contributed by atoms with van der Waals surface area (Å²) in [5.41, 5.74) is 1.67. The van der Waals surface area contributed by atoms with Crippen molar-refractivity contribution in [2.75, 3.05) is 30.4 Å². The molecule has 1 saturated carbocycles. The van der Waals surface area contributed by atoms with Crippen LogP contribution < -0.4 is 10.2 Å². The molecule has 2 heterocycles. The molecule has 19 heavy (non-hydrogen) atoms. The molecule has 0 radical (unpaired) electrons. The number of fused-ring (bicyclic) bond motifs is 1. The Morgan fingerprint density at radius 1 is 1.42 bits per heavy atom. The molecule has 0 saturated heterocycles. The van der Waals surface area contributed by atoms with Gasteiger partial charge in [-0.3, -0.25) is 0 Å². The van der Waals surface area contributed by atoms with Crippen LogP contribution in [0.2, 0.25) is 0 Å². The smallest absolute Gasteiger partial charge is 0.226 e. The quantitative estimate of drug-likeness (QED) is 0.831. The number of nitrogens with one attached hydrogen (secondary N) is 2. The number of anilines is 2. The van der Waals surface area contributed by atoms with E-state index in [1.54, 1.807) is 6.33 Å². The largest absolute Gasteiger partial charge is 0.357 e. The van der Waals surface area contributed by atoms with Crippen molar-refractivity contribution in [3.8, 4) is 0 Å². The van der Waals surface area contributed by atoms with Crippen LogP contribution in [0.25, 0.3) is 11.2 Å². The highest BCUT2D eigenvalue weighted by atomic mass is 15.2. The van der Waals surface area contributed by atoms with E-state index in [0.29, 0.717) is 5.95 Å². The second-order valence-electron chi connectivity index (χ2n) is 5.11. The highest BCUT2D eigenvalue weighted by Crippen LogP contribution is 2.32. The first-order chi connectivity index (χ1) is 9.31. The summed E-state index contributed by atoms with van der Waals surface area (Å²) >= 11 is 0. The number of H-pyrrole nitrogens is 1. The van der Waals surface area contributed by atoms with Crippen LogP contribution in [0.5, 0.6) is 0 Å². The lowest BCUT2D eigenvalue weighted by molar-refractivity contribution is 0.701. The molecule has 0 aliphatic heterocycles. The summed E-state index contributed by atoms with van der Waals surface area (Å²) in [6, 6.07) is 0. The first-order valence-electron chi connectivity index (χ1n) is 6.95. The number of nitrogens with zero attached hydrogens (tertiary/aromatic N) is 4. The molecule has 0 spiro atoms. The van der Waals surface area contributed by atoms with E-state index >= 15 is 0 Å². The van der Waals surface area contributed by atoms with Gasteiger partial charge in [-0.15, -0.1) is 0 Å². The Labute approximate surface area is 112 Å². The number of aromatic nitrogens is 4. The van der Waals surface area contributed by atoms with Crippen molar-refractivity contribution in [3.63, 3.8) is 0 Å². The number of hydrogen-bond donors (Lipinski definition) is 2. The van der Waals surface area contributed by atoms with Crippen molar-refractivity contribution in [3.05, 3.63) is 6.33 Å². The lowest BCUT2D eigenvalue weighted by Gasteiger charge is -2.23. The summed E-state index contributed by atoms with van der Waals surface area (Å²) in [5.74, 6) is 2.43. The Kier molecular flexibility index (Phi) is 3.23. The van der Waals surface area contributed by atoms with E-state index < -0.39 is 0 Å². The minimum Gasteiger partial charge on any atom is -0.357 e. The van der Waals surface area contributed by atoms with Crippen LogP contribution in [0.15, 0.2) is 6.33 Å². The van der Waals surface area contributed by atoms with Crippen LogP contribution in [0.4, 0.5) is 11.8 Å². The molecule has 6 nitrogen and oxygen atoms in total. The molecule has 1 fully saturated rings. The van der Waals surface area contributed by atoms with Gasteiger partial charge in [0.1, 0.15) is 5.52 Å². The van der Waals surface area contributed by atoms with Crippen molar-refractivity contribution in [2.24, 2.45) is 5.92 Å². The molecule has 1 aliphatic carbocycles. The van der Waals surface area contributed by atoms with Gasteiger partial charge in [-0.1, -0.05) is 6.92 Å². The number of imidazole rings is 1. The number of aromatic amines is 1. The maximum atomic E-state index is 4.62. The molecule has 102 valence electrons. The van der Waals surface area contributed by atoms with Crippen LogP contribution in [-0.4, -0.2) is 40.1 Å². The van der Waals surface area contributed by atoms with Gasteiger partial charge in [-0.25, -0.2) is 4.98 Å². The van der Waals surface area contributed by atoms with E-state index in [9.17, 15) is 0 Å². The van der Waals surface area contributed by atoms with E-state index in [4.69, 9.17) is 0 Å². The maximum absolute atomic E-state index is 4.62. The molecule has 3 rings (SSSR count). The monoisotopic (exact) mass is 260 g/mol. The molecule has 6 heteroatoms. The summed E-state index contributed by atoms with van der Waals surface area (Å²) in [4.78, 5) is 18.8. The van der Waals surface area contributed by atoms with Gasteiger partial charge in [0.05, 0.1) is 6.33 Å². The van der Waals surface area contributed by atoms with Crippen LogP contribution in [0.3, 0.4) is 0 Å². The third-order valence-corrected chi connectivity index (χ3v) is 3.46. The van der Waals surface area contributed by atoms with Gasteiger partial charge >= 0.3 is 0 Å². The van der Waals surface area contributed by atoms with Gasteiger partial charge in [0.25, 0.3) is 0 Å². The first-order valence-corrected chi connectivity index (χ1v) is 6.95. The Hall–Kier alpha value is -1.85. The zero-order valence-corrected chi connectivity index (χ0v) is 11.5. The second-order valence-corrected chi connectivity index (χ2v) is 5.11. The van der Waals surface area contributed by atoms with Crippen molar-refractivity contribution < 1.29 is 0 Å². The summed E-state index contributed by atoms with van der Waals surface area (Å²) < 4.78 is 0. The van der Waals surface area contributed by atoms with Gasteiger partial charge < -0.3 is 15.2 Å². The normalized spacial score (nSPS) is 14.8. The van der Waals surface area contributed by atoms with Gasteiger partial charge in [0.15, 0.2) is 11.5 Å². The molecule has 1 aliphatic rings. The van der Waals surface area contributed by atoms with E-state index in [1.807, 2.05) is 7.05 Å². The van der Waals surface area contributed by atoms with Crippen molar-refractivity contribution in [2.45, 2.75) is 26.2 Å². The highest BCUT2D eigenvalue weighted by Gasteiger charge is 2.26. The van der Waals surface area contributed by atoms with Gasteiger partial charge in [-0.05, 0) is 25.2 Å². The lowest BCUT2D eigenvalue weighted by Crippen LogP contribution is -2.28. The fourth-order valence-corrected chi connectivity index (χ4v) is 2.32. The zero-order chi connectivity index (χ0) is 13.2. The summed E-state index contributed by atoms with van der Waals surface area (Å²) in [6.07, 6.45) is 5.48. The zero-order valence-electron chi connectivity index (χ0n) is 11.5. The third-order valence-electron chi connectivity index (χ3n) is 3.46. The summed E-state index contributed by atoms with van der Waals surface area (Å²) in [6.45, 7) is 4.30. The van der Waals surface area contributed by atoms with Gasteiger partial charge in [0, 0.05) is 20.1 Å². The average molecular weight is 260 g/mol. The van der Waals surface area contributed by atoms with E-state index in [-0.39, 0.29) is 0 Å². The number of hydrogen-bond acceptors (Lipinski definition) is 5. The van der Waals surface area contributed by atoms with Gasteiger partial charge in [-0.2, -0.15) is 9.97 Å². The predicted octanol–water partition coefficient (Wildman–Crippen LogP) is 2.02. The second kappa shape index (κ2) is 5.03. The molecule has 0 amide bonds. The maximum Gasteiger partial charge on any atom is 0.226 e. The van der Waals surface area contributed by atoms with E-state index in [2.05, 4.69) is 37.1 Å². The minimum atomic E-state index is 0.631. The van der Waals surface area contributed by atoms with Crippen LogP contribution >= 0.6 is 0 Å². The lowest BCUT2D eigenvalue weighted by atomic mass is 10.3. The van der Waals surface area contributed by atoms with Crippen molar-refractivity contribution in [1.29, 1.82) is 0 Å². The first kappa shape index (κ1) is 12.2. The Morgan fingerprint density at radius 3 is 2.95 bits per heavy atom. The molecular weight excluding hydrogens is 240 g/mol. The summed E-state index contributed by atoms with van der Waals surface area (Å²) in [5, 5.41) is 3.01. The Balaban J connectivity index is 2.00. The highest BCUT2D eigenvalue weighted by molar-refractivity contribution is 5.84. The molecule has 2 N–H and O–H groups in total. The van der Waals surface area contributed by atoms with Crippen LogP contribution in [0, 0.1) is 5.92 Å². The van der Waals surface area contributed by atoms with Gasteiger partial charge in [0.2, 0.25) is 5.95 Å². The predicted molar refractivity (Wildman–Crippen MR) is 76.5 cm³/mol. The fraction of sp³-hybridized carbons (Fsp3) is 0.615. The van der Waals surface area contributed by atoms with E-state index in [0.717, 1.165) is 42.4 Å². The third kappa shape index (κ3) is 2.47. The number of rotatable bonds is 6. The Morgan fingerprint density at radius 2 is 2.26 bits per heavy atom. The molecule has 0 unspecified atom stereocenters. The molecular formula is C13H20N6. The Bertz CT molecular complexity index is 559. The van der Waals surface area contributed by atoms with Crippen molar-refractivity contribution in [1.82, 2.24) is 19.9 Å². The van der Waals surface area contributed by atoms with Crippen LogP contribution in [0.1, 0.15) is 26.2 Å². The fourth-order valence-electron chi connectivity index (χ4n) is 2.32. The molecule has 0 aromatic carbocycles. The standard InChI is InChI=1S/C13H20N6/c1-3-6-19(7-9-4-5-9)12-10-11(16-8-15-10)17-13(14-2)18-12/h8-9H,3-7H2,1-2H3,(H2,14,15,16,17,18). The summed E-state index contributed by atoms with van der Waals surface area (Å²) in [7, 11) is 1.84. The van der Waals surface area contributed by atoms with Crippen molar-refractivity contribution >= 4 is 22.9 Å². The van der Waals surface area contributed by atoms with Crippen LogP contribution in [-0.2, 0) is 0 Å².